The minimum Gasteiger partial charge on any atom is -1.00 e. The molecule has 2 saturated carbocycles. The van der Waals surface area contributed by atoms with Crippen LogP contribution in [0, 0.1) is 50.9 Å². The zero-order chi connectivity index (χ0) is 19.9. The summed E-state index contributed by atoms with van der Waals surface area (Å²) in [6.45, 7) is 12.2. The van der Waals surface area contributed by atoms with E-state index in [1.165, 1.54) is 43.7 Å². The molecule has 0 heterocycles. The number of aryl methyl sites for hydroxylation is 3. The van der Waals surface area contributed by atoms with E-state index in [2.05, 4.69) is 77.1 Å². The summed E-state index contributed by atoms with van der Waals surface area (Å²) in [5.41, 5.74) is 5.45. The van der Waals surface area contributed by atoms with Crippen molar-refractivity contribution in [1.29, 1.82) is 0 Å². The van der Waals surface area contributed by atoms with Crippen LogP contribution in [0.3, 0.4) is 0 Å². The molecule has 5 heteroatoms. The van der Waals surface area contributed by atoms with Crippen molar-refractivity contribution in [2.24, 2.45) is 23.7 Å². The van der Waals surface area contributed by atoms with E-state index in [0.717, 1.165) is 29.2 Å². The number of hydrogen-bond acceptors (Lipinski definition) is 0. The molecule has 2 fully saturated rings. The van der Waals surface area contributed by atoms with E-state index in [0.29, 0.717) is 0 Å². The normalized spacial score (nSPS) is 29.2. The molecule has 0 N–H and O–H groups in total. The Hall–Kier alpha value is 0.501. The third-order valence-corrected chi connectivity index (χ3v) is 13.8. The second kappa shape index (κ2) is 13.6. The summed E-state index contributed by atoms with van der Waals surface area (Å²) in [5, 5.41) is 1.80. The summed E-state index contributed by atoms with van der Waals surface area (Å²) in [5.74, 6) is 3.29. The number of benzene rings is 1. The molecule has 0 saturated heterocycles. The molecule has 0 amide bonds. The number of unbranched alkanes of at least 4 members (excludes halogenated alkanes) is 1. The average molecular weight is 546 g/mol. The maximum absolute atomic E-state index is 2.77. The maximum Gasteiger partial charge on any atom is 4.00 e. The molecule has 6 unspecified atom stereocenters. The van der Waals surface area contributed by atoms with Crippen LogP contribution in [0.25, 0.3) is 0 Å². The van der Waals surface area contributed by atoms with E-state index in [-0.39, 0.29) is 58.9 Å². The van der Waals surface area contributed by atoms with E-state index in [1.807, 2.05) is 0 Å². The molecule has 1 aromatic rings. The van der Waals surface area contributed by atoms with Crippen LogP contribution in [0.5, 0.6) is 0 Å². The van der Waals surface area contributed by atoms with Gasteiger partial charge in [0.15, 0.2) is 0 Å². The Morgan fingerprint density at radius 1 is 0.969 bits per heavy atom. The van der Waals surface area contributed by atoms with Gasteiger partial charge in [-0.1, -0.05) is 115 Å². The second-order valence-corrected chi connectivity index (χ2v) is 14.7. The standard InChI is InChI=1S/C27H39Si.3ClH.Ti/c1-6-7-16-28(5,26-20(3)17-19(2)18-21(26)4)27-24-14-10-8-12-22(24)23-13-9-11-15-25(23)27;;;;/h8,10,12,14-15,17-18,22-25,27H,6-7,9,11,13,16H2,1-5H3;3*1H;/q-1;;;;+4/p-3. The fourth-order valence-electron chi connectivity index (χ4n) is 7.51. The van der Waals surface area contributed by atoms with Crippen LogP contribution >= 0.6 is 0 Å². The van der Waals surface area contributed by atoms with Crippen molar-refractivity contribution >= 4 is 13.3 Å². The van der Waals surface area contributed by atoms with E-state index in [1.54, 1.807) is 16.3 Å². The van der Waals surface area contributed by atoms with Gasteiger partial charge < -0.3 is 43.6 Å². The van der Waals surface area contributed by atoms with Crippen molar-refractivity contribution in [1.82, 2.24) is 0 Å². The average Bonchev–Trinajstić information content (AvgIpc) is 3.00. The molecule has 0 spiro atoms. The smallest absolute Gasteiger partial charge is 1.00 e. The summed E-state index contributed by atoms with van der Waals surface area (Å²) in [6, 6.07) is 6.38. The largest absolute Gasteiger partial charge is 4.00 e. The first-order chi connectivity index (χ1) is 13.5. The minimum atomic E-state index is -1.66. The Bertz CT molecular complexity index is 770. The van der Waals surface area contributed by atoms with Gasteiger partial charge in [0.05, 0.1) is 8.07 Å². The summed E-state index contributed by atoms with van der Waals surface area (Å²) in [4.78, 5) is 0. The molecule has 0 bridgehead atoms. The molecule has 0 nitrogen and oxygen atoms in total. The molecular weight excluding hydrogens is 507 g/mol. The molecule has 3 aliphatic carbocycles. The molecule has 3 aliphatic rings. The van der Waals surface area contributed by atoms with Crippen LogP contribution in [0.1, 0.15) is 55.7 Å². The molecule has 0 aliphatic heterocycles. The van der Waals surface area contributed by atoms with Gasteiger partial charge in [-0.3, -0.25) is 0 Å². The van der Waals surface area contributed by atoms with E-state index < -0.39 is 8.07 Å². The van der Waals surface area contributed by atoms with Crippen LogP contribution in [0.15, 0.2) is 36.4 Å². The predicted molar refractivity (Wildman–Crippen MR) is 126 cm³/mol. The molecular formula is C27H39Cl3SiTi. The Morgan fingerprint density at radius 2 is 1.56 bits per heavy atom. The summed E-state index contributed by atoms with van der Waals surface area (Å²) >= 11 is 0. The number of allylic oxidation sites excluding steroid dienone is 4. The third-order valence-electron chi connectivity index (χ3n) is 8.25. The summed E-state index contributed by atoms with van der Waals surface area (Å²) in [7, 11) is -1.66. The number of rotatable bonds is 5. The third kappa shape index (κ3) is 5.83. The molecule has 0 aromatic heterocycles. The Kier molecular flexibility index (Phi) is 13.8. The van der Waals surface area contributed by atoms with E-state index >= 15 is 0 Å². The first kappa shape index (κ1) is 32.5. The molecule has 32 heavy (non-hydrogen) atoms. The zero-order valence-corrected chi connectivity index (χ0v) is 25.1. The van der Waals surface area contributed by atoms with Crippen molar-refractivity contribution in [2.75, 3.05) is 0 Å². The quantitative estimate of drug-likeness (QED) is 0.299. The van der Waals surface area contributed by atoms with Crippen molar-refractivity contribution in [3.05, 3.63) is 59.5 Å². The molecule has 1 aromatic carbocycles. The van der Waals surface area contributed by atoms with Crippen molar-refractivity contribution in [2.45, 2.75) is 77.9 Å². The summed E-state index contributed by atoms with van der Waals surface area (Å²) in [6.07, 6.45) is 19.6. The molecule has 176 valence electrons. The van der Waals surface area contributed by atoms with Gasteiger partial charge in [0, 0.05) is 0 Å². The zero-order valence-electron chi connectivity index (χ0n) is 20.3. The van der Waals surface area contributed by atoms with Crippen molar-refractivity contribution in [3.63, 3.8) is 0 Å². The van der Waals surface area contributed by atoms with Crippen molar-refractivity contribution in [3.8, 4) is 0 Å². The fraction of sp³-hybridized carbons (Fsp3) is 0.593. The number of fused-ring (bicyclic) bond motifs is 3. The number of hydrogen-bond donors (Lipinski definition) is 0. The molecule has 6 atom stereocenters. The Labute approximate surface area is 232 Å². The van der Waals surface area contributed by atoms with E-state index in [9.17, 15) is 0 Å². The van der Waals surface area contributed by atoms with Gasteiger partial charge in [-0.2, -0.15) is 12.3 Å². The first-order valence-electron chi connectivity index (χ1n) is 11.7. The van der Waals surface area contributed by atoms with Gasteiger partial charge in [-0.15, -0.1) is 0 Å². The van der Waals surface area contributed by atoms with Crippen LogP contribution in [-0.2, 0) is 21.7 Å². The Balaban J connectivity index is 0.00000240. The van der Waals surface area contributed by atoms with Gasteiger partial charge >= 0.3 is 21.7 Å². The van der Waals surface area contributed by atoms with Crippen LogP contribution in [0.2, 0.25) is 18.1 Å². The second-order valence-electron chi connectivity index (χ2n) is 10.2. The van der Waals surface area contributed by atoms with Crippen molar-refractivity contribution < 1.29 is 58.9 Å². The van der Waals surface area contributed by atoms with Crippen LogP contribution in [-0.4, -0.2) is 8.07 Å². The monoisotopic (exact) mass is 544 g/mol. The first-order valence-corrected chi connectivity index (χ1v) is 14.5. The van der Waals surface area contributed by atoms with Gasteiger partial charge in [-0.05, 0) is 32.6 Å². The van der Waals surface area contributed by atoms with Gasteiger partial charge in [-0.25, -0.2) is 0 Å². The van der Waals surface area contributed by atoms with Gasteiger partial charge in [0.2, 0.25) is 0 Å². The summed E-state index contributed by atoms with van der Waals surface area (Å²) < 4.78 is 0. The fourth-order valence-corrected chi connectivity index (χ4v) is 13.9. The topological polar surface area (TPSA) is 0 Å². The number of halogens is 3. The van der Waals surface area contributed by atoms with E-state index in [4.69, 9.17) is 0 Å². The van der Waals surface area contributed by atoms with Crippen LogP contribution in [0.4, 0.5) is 0 Å². The maximum atomic E-state index is 2.77. The molecule has 4 rings (SSSR count). The minimum absolute atomic E-state index is 0. The van der Waals surface area contributed by atoms with Gasteiger partial charge in [0.1, 0.15) is 0 Å². The Morgan fingerprint density at radius 3 is 2.16 bits per heavy atom. The van der Waals surface area contributed by atoms with Gasteiger partial charge in [0.25, 0.3) is 0 Å². The predicted octanol–water partition coefficient (Wildman–Crippen LogP) is -1.93. The van der Waals surface area contributed by atoms with Crippen LogP contribution < -0.4 is 42.4 Å². The molecule has 0 radical (unpaired) electrons. The SMILES string of the molecule is CCCC[Si](C)(c1c(C)cc(C)cc1C)C1C2C=CC=CC2C2CCC[CH-]C21.[Cl-].[Cl-].[Cl-].[Ti+4].